The lowest BCUT2D eigenvalue weighted by atomic mass is 9.98. The molecule has 0 radical (unpaired) electrons. The number of carbonyl (C=O) groups excluding carboxylic acids is 1. The molecule has 0 fully saturated rings. The van der Waals surface area contributed by atoms with Gasteiger partial charge in [0, 0.05) is 18.5 Å². The average Bonchev–Trinajstić information content (AvgIpc) is 3.49. The molecule has 0 unspecified atom stereocenters. The quantitative estimate of drug-likeness (QED) is 0.176. The summed E-state index contributed by atoms with van der Waals surface area (Å²) in [5, 5.41) is 0. The van der Waals surface area contributed by atoms with Crippen molar-refractivity contribution < 1.29 is 13.9 Å². The van der Waals surface area contributed by atoms with Crippen molar-refractivity contribution in [3.63, 3.8) is 0 Å². The van der Waals surface area contributed by atoms with Crippen molar-refractivity contribution in [2.75, 3.05) is 0 Å². The van der Waals surface area contributed by atoms with E-state index in [0.717, 1.165) is 69.0 Å². The second-order valence-corrected chi connectivity index (χ2v) is 12.4. The van der Waals surface area contributed by atoms with E-state index in [1.165, 1.54) is 0 Å². The molecule has 0 aliphatic carbocycles. The normalized spacial score (nSPS) is 11.9. The first-order valence-corrected chi connectivity index (χ1v) is 14.8. The summed E-state index contributed by atoms with van der Waals surface area (Å²) in [6.45, 7) is 16.9. The molecule has 3 aromatic carbocycles. The first-order chi connectivity index (χ1) is 19.9. The third-order valence-corrected chi connectivity index (χ3v) is 7.37. The smallest absolute Gasteiger partial charge is 0.339 e. The van der Waals surface area contributed by atoms with E-state index in [4.69, 9.17) is 19.1 Å². The molecule has 0 bridgehead atoms. The molecule has 0 saturated carbocycles. The largest absolute Gasteiger partial charge is 0.456 e. The van der Waals surface area contributed by atoms with E-state index in [9.17, 15) is 4.79 Å². The Hall–Kier alpha value is -4.19. The summed E-state index contributed by atoms with van der Waals surface area (Å²) in [5.74, 6) is 2.57. The van der Waals surface area contributed by atoms with Gasteiger partial charge in [0.15, 0.2) is 0 Å². The highest BCUT2D eigenvalue weighted by molar-refractivity contribution is 5.97. The zero-order valence-corrected chi connectivity index (χ0v) is 26.0. The minimum atomic E-state index is -0.557. The van der Waals surface area contributed by atoms with Gasteiger partial charge >= 0.3 is 5.97 Å². The maximum Gasteiger partial charge on any atom is 0.339 e. The number of aryl methyl sites for hydroxylation is 3. The van der Waals surface area contributed by atoms with Gasteiger partial charge < -0.3 is 13.7 Å². The van der Waals surface area contributed by atoms with Crippen molar-refractivity contribution >= 4 is 17.0 Å². The zero-order chi connectivity index (χ0) is 30.2. The molecule has 0 aliphatic rings. The number of carbonyl (C=O) groups is 1. The number of ether oxygens (including phenoxy) is 1. The van der Waals surface area contributed by atoms with Crippen LogP contribution in [0.3, 0.4) is 0 Å². The number of aromatic nitrogens is 3. The Balaban J connectivity index is 1.51. The van der Waals surface area contributed by atoms with Crippen LogP contribution in [0.4, 0.5) is 0 Å². The maximum atomic E-state index is 12.9. The highest BCUT2D eigenvalue weighted by Crippen LogP contribution is 2.32. The first kappa shape index (κ1) is 29.3. The van der Waals surface area contributed by atoms with Gasteiger partial charge in [-0.1, -0.05) is 63.2 Å². The molecule has 6 nitrogen and oxygen atoms in total. The molecule has 6 heteroatoms. The number of imidazole rings is 1. The van der Waals surface area contributed by atoms with Crippen molar-refractivity contribution in [1.29, 1.82) is 0 Å². The number of oxazole rings is 1. The molecule has 5 rings (SSSR count). The minimum absolute atomic E-state index is 0.299. The predicted molar refractivity (Wildman–Crippen MR) is 169 cm³/mol. The summed E-state index contributed by atoms with van der Waals surface area (Å²) < 4.78 is 14.1. The number of fused-ring (bicyclic) bond motifs is 1. The molecular formula is C36H41N3O3. The number of hydrogen-bond acceptors (Lipinski definition) is 5. The average molecular weight is 564 g/mol. The van der Waals surface area contributed by atoms with Gasteiger partial charge in [-0.3, -0.25) is 0 Å². The van der Waals surface area contributed by atoms with Crippen molar-refractivity contribution in [2.45, 2.75) is 86.3 Å². The molecular weight excluding hydrogens is 522 g/mol. The first-order valence-electron chi connectivity index (χ1n) is 14.8. The second kappa shape index (κ2) is 11.6. The molecule has 2 aromatic heterocycles. The van der Waals surface area contributed by atoms with Gasteiger partial charge in [-0.05, 0) is 87.4 Å². The lowest BCUT2D eigenvalue weighted by molar-refractivity contribution is 0.00704. The summed E-state index contributed by atoms with van der Waals surface area (Å²) in [6, 6.07) is 20.3. The van der Waals surface area contributed by atoms with Crippen molar-refractivity contribution in [3.8, 4) is 22.6 Å². The Bertz CT molecular complexity index is 1730. The zero-order valence-electron chi connectivity index (χ0n) is 26.0. The third kappa shape index (κ3) is 6.03. The van der Waals surface area contributed by atoms with Crippen LogP contribution >= 0.6 is 0 Å². The van der Waals surface area contributed by atoms with Crippen molar-refractivity contribution in [1.82, 2.24) is 14.5 Å². The fourth-order valence-electron chi connectivity index (χ4n) is 5.44. The van der Waals surface area contributed by atoms with Crippen LogP contribution < -0.4 is 0 Å². The van der Waals surface area contributed by atoms with Gasteiger partial charge in [0.05, 0.1) is 22.3 Å². The van der Waals surface area contributed by atoms with Gasteiger partial charge in [-0.2, -0.15) is 0 Å². The molecule has 0 N–H and O–H groups in total. The van der Waals surface area contributed by atoms with E-state index in [-0.39, 0.29) is 5.97 Å². The molecule has 0 saturated heterocycles. The Morgan fingerprint density at radius 3 is 2.33 bits per heavy atom. The number of hydrogen-bond donors (Lipinski definition) is 0. The van der Waals surface area contributed by atoms with E-state index in [1.54, 1.807) is 0 Å². The van der Waals surface area contributed by atoms with Crippen LogP contribution in [0.2, 0.25) is 0 Å². The van der Waals surface area contributed by atoms with E-state index in [2.05, 4.69) is 68.7 Å². The van der Waals surface area contributed by atoms with Crippen LogP contribution in [-0.4, -0.2) is 26.1 Å². The molecule has 0 aliphatic heterocycles. The second-order valence-electron chi connectivity index (χ2n) is 12.4. The van der Waals surface area contributed by atoms with Crippen LogP contribution in [0.25, 0.3) is 33.6 Å². The standard InChI is InChI=1S/C36H41N3O3/c1-9-12-31-37-33-23(4)19-27(34-38-32(22(2)3)24(5)41-34)20-30(33)39(31)21-25-15-17-26(18-16-25)28-13-10-11-14-29(28)35(40)42-36(6,7)8/h10-11,13-20,22H,9,12,21H2,1-8H3. The molecule has 0 atom stereocenters. The van der Waals surface area contributed by atoms with Crippen molar-refractivity contribution in [3.05, 3.63) is 94.6 Å². The number of rotatable bonds is 8. The minimum Gasteiger partial charge on any atom is -0.456 e. The molecule has 0 spiro atoms. The number of nitrogens with zero attached hydrogens (tertiary/aromatic N) is 3. The fraction of sp³-hybridized carbons (Fsp3) is 0.361. The number of benzene rings is 3. The van der Waals surface area contributed by atoms with Gasteiger partial charge in [0.1, 0.15) is 17.2 Å². The van der Waals surface area contributed by atoms with Crippen LogP contribution in [0.1, 0.15) is 92.6 Å². The summed E-state index contributed by atoms with van der Waals surface area (Å²) in [6.07, 6.45) is 1.90. The number of esters is 1. The topological polar surface area (TPSA) is 70.2 Å². The van der Waals surface area contributed by atoms with Crippen LogP contribution in [-0.2, 0) is 17.7 Å². The summed E-state index contributed by atoms with van der Waals surface area (Å²) >= 11 is 0. The Kier molecular flexibility index (Phi) is 8.09. The summed E-state index contributed by atoms with van der Waals surface area (Å²) in [7, 11) is 0. The van der Waals surface area contributed by atoms with Crippen molar-refractivity contribution in [2.24, 2.45) is 0 Å². The Labute approximate surface area is 248 Å². The SMILES string of the molecule is CCCc1nc2c(C)cc(-c3nc(C(C)C)c(C)o3)cc2n1Cc1ccc(-c2ccccc2C(=O)OC(C)(C)C)cc1. The van der Waals surface area contributed by atoms with Crippen LogP contribution in [0, 0.1) is 13.8 Å². The molecule has 5 aromatic rings. The van der Waals surface area contributed by atoms with E-state index in [0.29, 0.717) is 23.9 Å². The molecule has 0 amide bonds. The van der Waals surface area contributed by atoms with E-state index < -0.39 is 5.60 Å². The van der Waals surface area contributed by atoms with Gasteiger partial charge in [-0.15, -0.1) is 0 Å². The molecule has 2 heterocycles. The maximum absolute atomic E-state index is 12.9. The molecule has 218 valence electrons. The van der Waals surface area contributed by atoms with Gasteiger partial charge in [0.2, 0.25) is 5.89 Å². The fourth-order valence-corrected chi connectivity index (χ4v) is 5.44. The lowest BCUT2D eigenvalue weighted by Crippen LogP contribution is -2.24. The van der Waals surface area contributed by atoms with Crippen LogP contribution in [0.15, 0.2) is 65.1 Å². The van der Waals surface area contributed by atoms with E-state index >= 15 is 0 Å². The molecule has 42 heavy (non-hydrogen) atoms. The highest BCUT2D eigenvalue weighted by atomic mass is 16.6. The van der Waals surface area contributed by atoms with Gasteiger partial charge in [0.25, 0.3) is 0 Å². The van der Waals surface area contributed by atoms with Crippen LogP contribution in [0.5, 0.6) is 0 Å². The predicted octanol–water partition coefficient (Wildman–Crippen LogP) is 9.05. The third-order valence-electron chi connectivity index (χ3n) is 7.37. The Morgan fingerprint density at radius 1 is 0.976 bits per heavy atom. The highest BCUT2D eigenvalue weighted by Gasteiger charge is 2.21. The van der Waals surface area contributed by atoms with Gasteiger partial charge in [-0.25, -0.2) is 14.8 Å². The Morgan fingerprint density at radius 2 is 1.69 bits per heavy atom. The van der Waals surface area contributed by atoms with E-state index in [1.807, 2.05) is 52.0 Å². The summed E-state index contributed by atoms with van der Waals surface area (Å²) in [5.41, 5.74) is 8.16. The summed E-state index contributed by atoms with van der Waals surface area (Å²) in [4.78, 5) is 22.8. The monoisotopic (exact) mass is 563 g/mol. The lowest BCUT2D eigenvalue weighted by Gasteiger charge is -2.20.